The van der Waals surface area contributed by atoms with E-state index in [9.17, 15) is 13.2 Å². The highest BCUT2D eigenvalue weighted by Crippen LogP contribution is 2.14. The van der Waals surface area contributed by atoms with Gasteiger partial charge >= 0.3 is 0 Å². The van der Waals surface area contributed by atoms with Crippen LogP contribution in [-0.2, 0) is 16.4 Å². The molecule has 1 saturated heterocycles. The maximum atomic E-state index is 12.6. The number of aryl methyl sites for hydroxylation is 1. The summed E-state index contributed by atoms with van der Waals surface area (Å²) >= 11 is 0. The lowest BCUT2D eigenvalue weighted by molar-refractivity contribution is 0.0698. The molecule has 0 aromatic heterocycles. The van der Waals surface area contributed by atoms with Crippen LogP contribution in [0.3, 0.4) is 0 Å². The molecule has 0 atom stereocenters. The number of benzene rings is 1. The van der Waals surface area contributed by atoms with E-state index in [1.807, 2.05) is 31.2 Å². The number of amides is 1. The monoisotopic (exact) mass is 352 g/mol. The van der Waals surface area contributed by atoms with Crippen LogP contribution < -0.4 is 0 Å². The van der Waals surface area contributed by atoms with Crippen LogP contribution in [0.1, 0.15) is 49.0 Å². The predicted molar refractivity (Wildman–Crippen MR) is 96.6 cm³/mol. The first-order chi connectivity index (χ1) is 11.5. The third kappa shape index (κ3) is 4.80. The highest BCUT2D eigenvalue weighted by molar-refractivity contribution is 7.89. The van der Waals surface area contributed by atoms with Crippen molar-refractivity contribution in [3.8, 4) is 0 Å². The number of nitrogens with zero attached hydrogens (tertiary/aromatic N) is 2. The summed E-state index contributed by atoms with van der Waals surface area (Å²) in [7, 11) is -3.17. The van der Waals surface area contributed by atoms with E-state index in [2.05, 4.69) is 6.92 Å². The zero-order valence-corrected chi connectivity index (χ0v) is 15.5. The highest BCUT2D eigenvalue weighted by Gasteiger charge is 2.28. The Balaban J connectivity index is 1.93. The number of carbonyl (C=O) groups excluding carboxylic acids is 1. The van der Waals surface area contributed by atoms with Gasteiger partial charge in [-0.25, -0.2) is 8.42 Å². The van der Waals surface area contributed by atoms with E-state index in [0.717, 1.165) is 19.3 Å². The average Bonchev–Trinajstić information content (AvgIpc) is 2.60. The molecule has 1 aliphatic rings. The lowest BCUT2D eigenvalue weighted by atomic mass is 10.1. The van der Waals surface area contributed by atoms with Gasteiger partial charge in [0.25, 0.3) is 5.91 Å². The fraction of sp³-hybridized carbons (Fsp3) is 0.611. The Labute approximate surface area is 145 Å². The third-order valence-electron chi connectivity index (χ3n) is 4.40. The Morgan fingerprint density at radius 2 is 1.62 bits per heavy atom. The van der Waals surface area contributed by atoms with E-state index < -0.39 is 10.0 Å². The SMILES string of the molecule is CCCCc1ccc(C(=O)N2CCN(S(=O)(=O)CCC)CC2)cc1. The van der Waals surface area contributed by atoms with E-state index in [1.54, 1.807) is 4.90 Å². The molecule has 2 rings (SSSR count). The molecule has 134 valence electrons. The normalized spacial score (nSPS) is 16.3. The van der Waals surface area contributed by atoms with Gasteiger partial charge in [0.05, 0.1) is 5.75 Å². The van der Waals surface area contributed by atoms with Crippen LogP contribution in [0.25, 0.3) is 0 Å². The molecular weight excluding hydrogens is 324 g/mol. The Hall–Kier alpha value is -1.40. The van der Waals surface area contributed by atoms with Crippen molar-refractivity contribution in [2.75, 3.05) is 31.9 Å². The van der Waals surface area contributed by atoms with E-state index in [0.29, 0.717) is 38.2 Å². The molecule has 0 bridgehead atoms. The number of rotatable bonds is 7. The lowest BCUT2D eigenvalue weighted by Gasteiger charge is -2.34. The van der Waals surface area contributed by atoms with Gasteiger partial charge in [0, 0.05) is 31.7 Å². The minimum absolute atomic E-state index is 0.00965. The molecule has 1 aromatic rings. The molecule has 0 radical (unpaired) electrons. The Kier molecular flexibility index (Phi) is 6.80. The van der Waals surface area contributed by atoms with Crippen molar-refractivity contribution in [3.63, 3.8) is 0 Å². The molecule has 0 unspecified atom stereocenters. The summed E-state index contributed by atoms with van der Waals surface area (Å²) in [5.41, 5.74) is 1.93. The smallest absolute Gasteiger partial charge is 0.253 e. The Bertz CT molecular complexity index is 633. The minimum atomic E-state index is -3.17. The number of hydrogen-bond donors (Lipinski definition) is 0. The Morgan fingerprint density at radius 1 is 1.00 bits per heavy atom. The van der Waals surface area contributed by atoms with Gasteiger partial charge in [-0.2, -0.15) is 4.31 Å². The zero-order chi connectivity index (χ0) is 17.6. The largest absolute Gasteiger partial charge is 0.336 e. The van der Waals surface area contributed by atoms with Gasteiger partial charge in [0.2, 0.25) is 10.0 Å². The van der Waals surface area contributed by atoms with Gasteiger partial charge in [0.1, 0.15) is 0 Å². The number of unbranched alkanes of at least 4 members (excludes halogenated alkanes) is 1. The second-order valence-corrected chi connectivity index (χ2v) is 8.40. The summed E-state index contributed by atoms with van der Waals surface area (Å²) < 4.78 is 25.7. The van der Waals surface area contributed by atoms with Gasteiger partial charge < -0.3 is 4.90 Å². The van der Waals surface area contributed by atoms with Crippen LogP contribution in [-0.4, -0.2) is 55.5 Å². The van der Waals surface area contributed by atoms with Crippen molar-refractivity contribution in [1.29, 1.82) is 0 Å². The fourth-order valence-corrected chi connectivity index (χ4v) is 4.43. The van der Waals surface area contributed by atoms with Crippen LogP contribution in [0.5, 0.6) is 0 Å². The maximum absolute atomic E-state index is 12.6. The van der Waals surface area contributed by atoms with E-state index >= 15 is 0 Å². The maximum Gasteiger partial charge on any atom is 0.253 e. The molecule has 24 heavy (non-hydrogen) atoms. The predicted octanol–water partition coefficient (Wildman–Crippen LogP) is 2.53. The van der Waals surface area contributed by atoms with E-state index in [4.69, 9.17) is 0 Å². The van der Waals surface area contributed by atoms with Crippen molar-refractivity contribution in [2.45, 2.75) is 39.5 Å². The molecule has 0 saturated carbocycles. The molecule has 1 aliphatic heterocycles. The molecule has 1 heterocycles. The van der Waals surface area contributed by atoms with Gasteiger partial charge in [-0.1, -0.05) is 32.4 Å². The molecule has 6 heteroatoms. The number of sulfonamides is 1. The van der Waals surface area contributed by atoms with Crippen molar-refractivity contribution >= 4 is 15.9 Å². The number of hydrogen-bond acceptors (Lipinski definition) is 3. The van der Waals surface area contributed by atoms with Gasteiger partial charge in [-0.3, -0.25) is 4.79 Å². The Morgan fingerprint density at radius 3 is 2.17 bits per heavy atom. The van der Waals surface area contributed by atoms with Crippen LogP contribution in [0.2, 0.25) is 0 Å². The first kappa shape index (κ1) is 18.9. The molecule has 1 aromatic carbocycles. The molecule has 0 spiro atoms. The number of carbonyl (C=O) groups is 1. The van der Waals surface area contributed by atoms with E-state index in [1.165, 1.54) is 9.87 Å². The summed E-state index contributed by atoms with van der Waals surface area (Å²) in [5, 5.41) is 0. The minimum Gasteiger partial charge on any atom is -0.336 e. The second-order valence-electron chi connectivity index (χ2n) is 6.31. The van der Waals surface area contributed by atoms with E-state index in [-0.39, 0.29) is 11.7 Å². The summed E-state index contributed by atoms with van der Waals surface area (Å²) in [6.07, 6.45) is 3.97. The molecule has 0 aliphatic carbocycles. The highest BCUT2D eigenvalue weighted by atomic mass is 32.2. The van der Waals surface area contributed by atoms with Crippen LogP contribution >= 0.6 is 0 Å². The molecule has 5 nitrogen and oxygen atoms in total. The summed E-state index contributed by atoms with van der Waals surface area (Å²) in [6.45, 7) is 5.73. The number of piperazine rings is 1. The summed E-state index contributed by atoms with van der Waals surface area (Å²) in [6, 6.07) is 7.80. The van der Waals surface area contributed by atoms with Crippen molar-refractivity contribution in [3.05, 3.63) is 35.4 Å². The summed E-state index contributed by atoms with van der Waals surface area (Å²) in [5.74, 6) is 0.171. The lowest BCUT2D eigenvalue weighted by Crippen LogP contribution is -2.51. The van der Waals surface area contributed by atoms with Crippen LogP contribution in [0.4, 0.5) is 0 Å². The van der Waals surface area contributed by atoms with Crippen LogP contribution in [0.15, 0.2) is 24.3 Å². The summed E-state index contributed by atoms with van der Waals surface area (Å²) in [4.78, 5) is 14.3. The second kappa shape index (κ2) is 8.62. The standard InChI is InChI=1S/C18H28N2O3S/c1-3-5-6-16-7-9-17(10-8-16)18(21)19-11-13-20(14-12-19)24(22,23)15-4-2/h7-10H,3-6,11-15H2,1-2H3. The van der Waals surface area contributed by atoms with Crippen LogP contribution in [0, 0.1) is 0 Å². The molecule has 1 amide bonds. The van der Waals surface area contributed by atoms with Gasteiger partial charge in [0.15, 0.2) is 0 Å². The topological polar surface area (TPSA) is 57.7 Å². The molecule has 1 fully saturated rings. The first-order valence-electron chi connectivity index (χ1n) is 8.84. The van der Waals surface area contributed by atoms with Crippen molar-refractivity contribution in [1.82, 2.24) is 9.21 Å². The fourth-order valence-electron chi connectivity index (χ4n) is 2.93. The average molecular weight is 353 g/mol. The molecule has 0 N–H and O–H groups in total. The van der Waals surface area contributed by atoms with Gasteiger partial charge in [-0.15, -0.1) is 0 Å². The van der Waals surface area contributed by atoms with Gasteiger partial charge in [-0.05, 0) is 37.0 Å². The third-order valence-corrected chi connectivity index (χ3v) is 6.48. The van der Waals surface area contributed by atoms with Crippen molar-refractivity contribution < 1.29 is 13.2 Å². The first-order valence-corrected chi connectivity index (χ1v) is 10.4. The quantitative estimate of drug-likeness (QED) is 0.758. The van der Waals surface area contributed by atoms with Crippen molar-refractivity contribution in [2.24, 2.45) is 0 Å². The zero-order valence-electron chi connectivity index (χ0n) is 14.7. The molecular formula is C18H28N2O3S.